The molecule has 0 spiro atoms. The van der Waals surface area contributed by atoms with Gasteiger partial charge < -0.3 is 30.1 Å². The molecule has 0 saturated heterocycles. The minimum atomic E-state index is -1.79. The number of likely N-dealkylation sites (N-methyl/N-ethyl adjacent to an activating group) is 1. The van der Waals surface area contributed by atoms with E-state index >= 15 is 0 Å². The van der Waals surface area contributed by atoms with Crippen molar-refractivity contribution in [2.24, 2.45) is 0 Å². The van der Waals surface area contributed by atoms with Crippen molar-refractivity contribution in [3.8, 4) is 5.75 Å². The maximum atomic E-state index is 12.3. The van der Waals surface area contributed by atoms with Crippen molar-refractivity contribution in [2.75, 3.05) is 20.6 Å². The molecule has 2 aromatic rings. The number of rotatable bonds is 9. The summed E-state index contributed by atoms with van der Waals surface area (Å²) in [6, 6.07) is 15.0. The lowest BCUT2D eigenvalue weighted by atomic mass is 9.72. The average Bonchev–Trinajstić information content (AvgIpc) is 2.84. The second-order valence-corrected chi connectivity index (χ2v) is 9.76. The predicted molar refractivity (Wildman–Crippen MR) is 138 cm³/mol. The normalized spacial score (nSPS) is 16.2. The summed E-state index contributed by atoms with van der Waals surface area (Å²) in [4.78, 5) is 33.9. The predicted octanol–water partition coefficient (Wildman–Crippen LogP) is 3.46. The Bertz CT molecular complexity index is 1030. The molecule has 1 fully saturated rings. The summed E-state index contributed by atoms with van der Waals surface area (Å²) >= 11 is 0. The highest BCUT2D eigenvalue weighted by Crippen LogP contribution is 2.40. The van der Waals surface area contributed by atoms with Gasteiger partial charge in [0.2, 0.25) is 0 Å². The zero-order valence-corrected chi connectivity index (χ0v) is 21.6. The summed E-state index contributed by atoms with van der Waals surface area (Å²) in [5, 5.41) is 35.5. The summed E-state index contributed by atoms with van der Waals surface area (Å²) in [5.41, 5.74) is 2.07. The number of hydrogen-bond acceptors (Lipinski definition) is 7. The van der Waals surface area contributed by atoms with Gasteiger partial charge in [0.1, 0.15) is 5.75 Å². The fourth-order valence-corrected chi connectivity index (χ4v) is 4.34. The van der Waals surface area contributed by atoms with E-state index < -0.39 is 30.1 Å². The lowest BCUT2D eigenvalue weighted by molar-refractivity contribution is -0.152. The molecule has 4 N–H and O–H groups in total. The first-order valence-corrected chi connectivity index (χ1v) is 12.3. The number of aryl methyl sites for hydroxylation is 1. The first-order valence-electron chi connectivity index (χ1n) is 12.3. The molecule has 9 heteroatoms. The first-order chi connectivity index (χ1) is 17.4. The number of carbonyl (C=O) groups excluding carboxylic acids is 1. The Labute approximate surface area is 217 Å². The minimum Gasteiger partial charge on any atom is -0.481 e. The summed E-state index contributed by atoms with van der Waals surface area (Å²) in [6.45, 7) is 2.78. The highest BCUT2D eigenvalue weighted by molar-refractivity contribution is 5.91. The van der Waals surface area contributed by atoms with Gasteiger partial charge in [0.15, 0.2) is 6.10 Å². The molecular weight excluding hydrogens is 478 g/mol. The molecular formula is C28H37NO8. The molecule has 2 atom stereocenters. The number of esters is 1. The van der Waals surface area contributed by atoms with E-state index in [-0.39, 0.29) is 11.9 Å². The quantitative estimate of drug-likeness (QED) is 0.291. The van der Waals surface area contributed by atoms with Crippen LogP contribution < -0.4 is 4.74 Å². The van der Waals surface area contributed by atoms with Gasteiger partial charge in [-0.3, -0.25) is 4.79 Å². The van der Waals surface area contributed by atoms with Crippen LogP contribution in [0.3, 0.4) is 0 Å². The molecule has 0 amide bonds. The molecule has 2 aromatic carbocycles. The van der Waals surface area contributed by atoms with Crippen molar-refractivity contribution in [1.29, 1.82) is 0 Å². The van der Waals surface area contributed by atoms with Crippen LogP contribution in [0.2, 0.25) is 0 Å². The zero-order valence-electron chi connectivity index (χ0n) is 21.6. The number of benzene rings is 2. The fourth-order valence-electron chi connectivity index (χ4n) is 4.34. The largest absolute Gasteiger partial charge is 0.481 e. The van der Waals surface area contributed by atoms with Crippen LogP contribution >= 0.6 is 0 Å². The molecule has 0 heterocycles. The Morgan fingerprint density at radius 3 is 1.97 bits per heavy atom. The average molecular weight is 516 g/mol. The third kappa shape index (κ3) is 9.60. The van der Waals surface area contributed by atoms with Crippen LogP contribution in [0.25, 0.3) is 0 Å². The van der Waals surface area contributed by atoms with E-state index in [2.05, 4.69) is 4.90 Å². The highest BCUT2D eigenvalue weighted by Gasteiger charge is 2.38. The van der Waals surface area contributed by atoms with Gasteiger partial charge in [-0.1, -0.05) is 49.1 Å². The van der Waals surface area contributed by atoms with E-state index in [1.54, 1.807) is 12.1 Å². The van der Waals surface area contributed by atoms with Crippen molar-refractivity contribution in [3.05, 3.63) is 65.2 Å². The van der Waals surface area contributed by atoms with Crippen LogP contribution in [0.5, 0.6) is 5.75 Å². The standard InChI is InChI=1S/C24H31NO3.C4H6O5/c1-18-7-9-20(10-8-18)23(26)28-21-13-11-19(12-14-21)22(17-25(2)3)24(27)15-5-4-6-16-24;5-2(4(8)9)1-3(6)7/h7-14,22,27H,4-6,15-17H2,1-3H3;2,5H,1H2,(H,6,7)(H,8,9). The van der Waals surface area contributed by atoms with Gasteiger partial charge in [0.05, 0.1) is 17.6 Å². The van der Waals surface area contributed by atoms with E-state index in [0.717, 1.165) is 43.4 Å². The Morgan fingerprint density at radius 1 is 0.946 bits per heavy atom. The Balaban J connectivity index is 0.000000458. The number of carboxylic acids is 2. The van der Waals surface area contributed by atoms with Crippen LogP contribution in [0.15, 0.2) is 48.5 Å². The SMILES string of the molecule is Cc1ccc(C(=O)Oc2ccc(C(CN(C)C)C3(O)CCCCC3)cc2)cc1.O=C(O)CC(O)C(=O)O. The van der Waals surface area contributed by atoms with Gasteiger partial charge in [-0.25, -0.2) is 9.59 Å². The van der Waals surface area contributed by atoms with E-state index in [9.17, 15) is 19.5 Å². The molecule has 0 bridgehead atoms. The number of carboxylic acid groups (broad SMARTS) is 2. The van der Waals surface area contributed by atoms with Gasteiger partial charge in [-0.15, -0.1) is 0 Å². The minimum absolute atomic E-state index is 0.0460. The van der Waals surface area contributed by atoms with Crippen LogP contribution in [-0.4, -0.2) is 75.6 Å². The second-order valence-electron chi connectivity index (χ2n) is 9.76. The monoisotopic (exact) mass is 515 g/mol. The molecule has 0 radical (unpaired) electrons. The first kappa shape index (κ1) is 30.0. The Morgan fingerprint density at radius 2 is 1.51 bits per heavy atom. The van der Waals surface area contributed by atoms with Gasteiger partial charge in [0.25, 0.3) is 0 Å². The molecule has 2 unspecified atom stereocenters. The molecule has 0 aliphatic heterocycles. The second kappa shape index (κ2) is 13.9. The molecule has 202 valence electrons. The van der Waals surface area contributed by atoms with Crippen molar-refractivity contribution >= 4 is 17.9 Å². The molecule has 3 rings (SSSR count). The van der Waals surface area contributed by atoms with Crippen molar-refractivity contribution in [1.82, 2.24) is 4.90 Å². The van der Waals surface area contributed by atoms with E-state index in [1.165, 1.54) is 6.42 Å². The van der Waals surface area contributed by atoms with Gasteiger partial charge in [-0.2, -0.15) is 0 Å². The Kier molecular flexibility index (Phi) is 11.2. The molecule has 0 aromatic heterocycles. The lowest BCUT2D eigenvalue weighted by Crippen LogP contribution is -2.42. The maximum Gasteiger partial charge on any atom is 0.343 e. The summed E-state index contributed by atoms with van der Waals surface area (Å²) < 4.78 is 5.51. The van der Waals surface area contributed by atoms with Crippen molar-refractivity contribution in [2.45, 2.75) is 63.1 Å². The number of aliphatic hydroxyl groups is 2. The fraction of sp³-hybridized carbons (Fsp3) is 0.464. The number of hydrogen-bond donors (Lipinski definition) is 4. The third-order valence-corrected chi connectivity index (χ3v) is 6.35. The Hall–Kier alpha value is -3.27. The van der Waals surface area contributed by atoms with Crippen molar-refractivity contribution in [3.63, 3.8) is 0 Å². The van der Waals surface area contributed by atoms with Crippen LogP contribution in [0.4, 0.5) is 0 Å². The van der Waals surface area contributed by atoms with Crippen molar-refractivity contribution < 1.29 is 39.5 Å². The number of aliphatic carboxylic acids is 2. The van der Waals surface area contributed by atoms with E-state index in [1.807, 2.05) is 57.4 Å². The van der Waals surface area contributed by atoms with Crippen LogP contribution in [0, 0.1) is 6.92 Å². The zero-order chi connectivity index (χ0) is 27.6. The third-order valence-electron chi connectivity index (χ3n) is 6.35. The molecule has 9 nitrogen and oxygen atoms in total. The van der Waals surface area contributed by atoms with Gasteiger partial charge in [-0.05, 0) is 63.7 Å². The summed E-state index contributed by atoms with van der Waals surface area (Å²) in [5.74, 6) is -2.64. The maximum absolute atomic E-state index is 12.3. The smallest absolute Gasteiger partial charge is 0.343 e. The van der Waals surface area contributed by atoms with E-state index in [4.69, 9.17) is 20.1 Å². The molecule has 37 heavy (non-hydrogen) atoms. The van der Waals surface area contributed by atoms with Crippen LogP contribution in [0.1, 0.15) is 65.9 Å². The number of aliphatic hydroxyl groups excluding tert-OH is 1. The number of nitrogens with zero attached hydrogens (tertiary/aromatic N) is 1. The molecule has 1 aliphatic rings. The van der Waals surface area contributed by atoms with E-state index in [0.29, 0.717) is 11.3 Å². The van der Waals surface area contributed by atoms with Gasteiger partial charge in [0, 0.05) is 12.5 Å². The number of ether oxygens (including phenoxy) is 1. The molecule has 1 saturated carbocycles. The topological polar surface area (TPSA) is 145 Å². The highest BCUT2D eigenvalue weighted by atomic mass is 16.5. The van der Waals surface area contributed by atoms with Gasteiger partial charge >= 0.3 is 17.9 Å². The lowest BCUT2D eigenvalue weighted by Gasteiger charge is -2.40. The summed E-state index contributed by atoms with van der Waals surface area (Å²) in [7, 11) is 4.08. The van der Waals surface area contributed by atoms with Crippen LogP contribution in [-0.2, 0) is 9.59 Å². The summed E-state index contributed by atoms with van der Waals surface area (Å²) in [6.07, 6.45) is 2.49. The molecule has 1 aliphatic carbocycles. The number of carbonyl (C=O) groups is 3.